The van der Waals surface area contributed by atoms with Crippen LogP contribution in [0.25, 0.3) is 21.7 Å². The third-order valence-corrected chi connectivity index (χ3v) is 6.13. The number of rotatable bonds is 3. The molecule has 134 valence electrons. The molecule has 1 saturated heterocycles. The first-order chi connectivity index (χ1) is 12.5. The fourth-order valence-electron chi connectivity index (χ4n) is 3.55. The number of nitrogens with one attached hydrogen (secondary N) is 1. The Morgan fingerprint density at radius 2 is 1.85 bits per heavy atom. The Hall–Kier alpha value is -2.47. The van der Waals surface area contributed by atoms with Gasteiger partial charge in [0.1, 0.15) is 11.1 Å². The summed E-state index contributed by atoms with van der Waals surface area (Å²) in [5.74, 6) is 0.185. The van der Waals surface area contributed by atoms with Crippen molar-refractivity contribution in [3.8, 4) is 0 Å². The van der Waals surface area contributed by atoms with E-state index in [0.29, 0.717) is 18.4 Å². The highest BCUT2D eigenvalue weighted by atomic mass is 32.2. The molecule has 0 saturated carbocycles. The zero-order valence-corrected chi connectivity index (χ0v) is 15.2. The van der Waals surface area contributed by atoms with Crippen LogP contribution < -0.4 is 5.32 Å². The van der Waals surface area contributed by atoms with Crippen molar-refractivity contribution in [3.05, 3.63) is 47.7 Å². The van der Waals surface area contributed by atoms with Gasteiger partial charge in [-0.15, -0.1) is 0 Å². The maximum absolute atomic E-state index is 12.9. The standard InChI is InChI=1S/C20H19NO4S/c1-12-14-7-6-13-4-2-3-5-15(13)17(14)25-16(12)18(22)21-20(19(23)24)8-10-26-11-9-20/h2-7H,8-11H2,1H3,(H,21,22)(H,23,24). The normalized spacial score (nSPS) is 16.7. The van der Waals surface area contributed by atoms with E-state index in [1.165, 1.54) is 0 Å². The van der Waals surface area contributed by atoms with Crippen molar-refractivity contribution in [2.24, 2.45) is 0 Å². The second-order valence-corrected chi connectivity index (χ2v) is 7.90. The number of aliphatic carboxylic acids is 1. The van der Waals surface area contributed by atoms with Crippen LogP contribution in [0.5, 0.6) is 0 Å². The molecule has 0 radical (unpaired) electrons. The summed E-state index contributed by atoms with van der Waals surface area (Å²) in [5, 5.41) is 15.3. The zero-order valence-electron chi connectivity index (χ0n) is 14.4. The second kappa shape index (κ2) is 6.36. The van der Waals surface area contributed by atoms with Crippen molar-refractivity contribution < 1.29 is 19.1 Å². The predicted octanol–water partition coefficient (Wildman–Crippen LogP) is 3.97. The van der Waals surface area contributed by atoms with Crippen molar-refractivity contribution in [2.45, 2.75) is 25.3 Å². The molecule has 2 aromatic carbocycles. The fourth-order valence-corrected chi connectivity index (χ4v) is 4.74. The van der Waals surface area contributed by atoms with Crippen molar-refractivity contribution in [3.63, 3.8) is 0 Å². The van der Waals surface area contributed by atoms with Gasteiger partial charge in [-0.3, -0.25) is 4.79 Å². The number of hydrogen-bond acceptors (Lipinski definition) is 4. The fraction of sp³-hybridized carbons (Fsp3) is 0.300. The molecule has 0 aliphatic carbocycles. The number of carboxylic acids is 1. The average molecular weight is 369 g/mol. The number of aryl methyl sites for hydroxylation is 1. The Balaban J connectivity index is 1.76. The molecule has 1 fully saturated rings. The van der Waals surface area contributed by atoms with Gasteiger partial charge in [0, 0.05) is 16.3 Å². The summed E-state index contributed by atoms with van der Waals surface area (Å²) in [5.41, 5.74) is 0.179. The highest BCUT2D eigenvalue weighted by Gasteiger charge is 2.42. The van der Waals surface area contributed by atoms with Crippen LogP contribution in [0.1, 0.15) is 29.0 Å². The van der Waals surface area contributed by atoms with Crippen LogP contribution in [-0.2, 0) is 4.79 Å². The monoisotopic (exact) mass is 369 g/mol. The van der Waals surface area contributed by atoms with Crippen molar-refractivity contribution in [1.82, 2.24) is 5.32 Å². The molecular weight excluding hydrogens is 350 g/mol. The van der Waals surface area contributed by atoms with E-state index in [9.17, 15) is 14.7 Å². The number of furan rings is 1. The van der Waals surface area contributed by atoms with E-state index in [0.717, 1.165) is 33.2 Å². The highest BCUT2D eigenvalue weighted by molar-refractivity contribution is 7.99. The number of thioether (sulfide) groups is 1. The smallest absolute Gasteiger partial charge is 0.329 e. The minimum Gasteiger partial charge on any atom is -0.480 e. The molecule has 0 spiro atoms. The maximum atomic E-state index is 12.9. The second-order valence-electron chi connectivity index (χ2n) is 6.67. The van der Waals surface area contributed by atoms with E-state index in [4.69, 9.17) is 4.42 Å². The third-order valence-electron chi connectivity index (χ3n) is 5.14. The molecule has 5 nitrogen and oxygen atoms in total. The summed E-state index contributed by atoms with van der Waals surface area (Å²) in [6.45, 7) is 1.83. The largest absolute Gasteiger partial charge is 0.480 e. The molecule has 2 N–H and O–H groups in total. The van der Waals surface area contributed by atoms with Crippen LogP contribution >= 0.6 is 11.8 Å². The molecule has 2 heterocycles. The van der Waals surface area contributed by atoms with E-state index in [1.807, 2.05) is 43.3 Å². The van der Waals surface area contributed by atoms with Crippen molar-refractivity contribution in [1.29, 1.82) is 0 Å². The molecule has 6 heteroatoms. The number of carboxylic acid groups (broad SMARTS) is 1. The topological polar surface area (TPSA) is 79.5 Å². The average Bonchev–Trinajstić information content (AvgIpc) is 3.00. The Kier molecular flexibility index (Phi) is 4.15. The molecule has 26 heavy (non-hydrogen) atoms. The molecule has 1 aromatic heterocycles. The first-order valence-electron chi connectivity index (χ1n) is 8.56. The number of carbonyl (C=O) groups is 2. The van der Waals surface area contributed by atoms with Gasteiger partial charge in [-0.1, -0.05) is 36.4 Å². The van der Waals surface area contributed by atoms with Crippen molar-refractivity contribution >= 4 is 45.4 Å². The summed E-state index contributed by atoms with van der Waals surface area (Å²) in [6, 6.07) is 11.8. The van der Waals surface area contributed by atoms with Crippen molar-refractivity contribution in [2.75, 3.05) is 11.5 Å². The van der Waals surface area contributed by atoms with Crippen LogP contribution in [0.2, 0.25) is 0 Å². The van der Waals surface area contributed by atoms with Gasteiger partial charge >= 0.3 is 5.97 Å². The van der Waals surface area contributed by atoms with Gasteiger partial charge in [-0.05, 0) is 36.7 Å². The van der Waals surface area contributed by atoms with Crippen LogP contribution in [0.4, 0.5) is 0 Å². The SMILES string of the molecule is Cc1c(C(=O)NC2(C(=O)O)CCSCC2)oc2c1ccc1ccccc12. The molecule has 0 unspecified atom stereocenters. The number of fused-ring (bicyclic) bond motifs is 3. The number of amides is 1. The Morgan fingerprint density at radius 1 is 1.12 bits per heavy atom. The van der Waals surface area contributed by atoms with E-state index in [1.54, 1.807) is 11.8 Å². The molecule has 3 aromatic rings. The highest BCUT2D eigenvalue weighted by Crippen LogP contribution is 2.33. The van der Waals surface area contributed by atoms with Gasteiger partial charge in [0.15, 0.2) is 5.76 Å². The molecule has 4 rings (SSSR count). The van der Waals surface area contributed by atoms with E-state index < -0.39 is 17.4 Å². The Labute approximate surface area is 154 Å². The molecule has 1 amide bonds. The minimum absolute atomic E-state index is 0.190. The molecule has 0 bridgehead atoms. The van der Waals surface area contributed by atoms with Crippen LogP contribution in [0.15, 0.2) is 40.8 Å². The quantitative estimate of drug-likeness (QED) is 0.730. The Morgan fingerprint density at radius 3 is 2.58 bits per heavy atom. The predicted molar refractivity (Wildman–Crippen MR) is 103 cm³/mol. The number of carbonyl (C=O) groups excluding carboxylic acids is 1. The maximum Gasteiger partial charge on any atom is 0.329 e. The number of benzene rings is 2. The lowest BCUT2D eigenvalue weighted by Gasteiger charge is -2.33. The summed E-state index contributed by atoms with van der Waals surface area (Å²) in [7, 11) is 0. The summed E-state index contributed by atoms with van der Waals surface area (Å²) >= 11 is 1.71. The first-order valence-corrected chi connectivity index (χ1v) is 9.72. The van der Waals surface area contributed by atoms with Crippen LogP contribution in [0, 0.1) is 6.92 Å². The molecule has 1 aliphatic heterocycles. The first kappa shape index (κ1) is 17.0. The minimum atomic E-state index is -1.21. The summed E-state index contributed by atoms with van der Waals surface area (Å²) < 4.78 is 5.93. The summed E-state index contributed by atoms with van der Waals surface area (Å²) in [4.78, 5) is 24.7. The lowest BCUT2D eigenvalue weighted by Crippen LogP contribution is -2.56. The summed E-state index contributed by atoms with van der Waals surface area (Å²) in [6.07, 6.45) is 0.835. The third kappa shape index (κ3) is 2.65. The van der Waals surface area contributed by atoms with E-state index in [2.05, 4.69) is 5.32 Å². The number of hydrogen-bond donors (Lipinski definition) is 2. The van der Waals surface area contributed by atoms with Crippen LogP contribution in [-0.4, -0.2) is 34.0 Å². The molecular formula is C20H19NO4S. The molecule has 0 atom stereocenters. The Bertz CT molecular complexity index is 1020. The van der Waals surface area contributed by atoms with Gasteiger partial charge < -0.3 is 14.8 Å². The van der Waals surface area contributed by atoms with Gasteiger partial charge in [-0.25, -0.2) is 4.79 Å². The molecule has 1 aliphatic rings. The lowest BCUT2D eigenvalue weighted by molar-refractivity contribution is -0.144. The zero-order chi connectivity index (χ0) is 18.3. The lowest BCUT2D eigenvalue weighted by atomic mass is 9.92. The van der Waals surface area contributed by atoms with E-state index >= 15 is 0 Å². The van der Waals surface area contributed by atoms with Gasteiger partial charge in [0.05, 0.1) is 0 Å². The van der Waals surface area contributed by atoms with Crippen LogP contribution in [0.3, 0.4) is 0 Å². The van der Waals surface area contributed by atoms with E-state index in [-0.39, 0.29) is 5.76 Å². The van der Waals surface area contributed by atoms with Gasteiger partial charge in [0.25, 0.3) is 5.91 Å². The van der Waals surface area contributed by atoms with Gasteiger partial charge in [0.2, 0.25) is 0 Å². The van der Waals surface area contributed by atoms with Gasteiger partial charge in [-0.2, -0.15) is 11.8 Å².